The number of carbonyl (C=O) groups is 1. The maximum atomic E-state index is 12.9. The lowest BCUT2D eigenvalue weighted by atomic mass is 10.2. The van der Waals surface area contributed by atoms with Crippen molar-refractivity contribution >= 4 is 11.6 Å². The van der Waals surface area contributed by atoms with Crippen molar-refractivity contribution in [3.63, 3.8) is 0 Å². The fourth-order valence-corrected chi connectivity index (χ4v) is 2.17. The van der Waals surface area contributed by atoms with E-state index in [1.807, 2.05) is 6.07 Å². The molecule has 0 aliphatic carbocycles. The first-order valence-electron chi connectivity index (χ1n) is 7.24. The largest absolute Gasteiger partial charge is 0.586 e. The Morgan fingerprint density at radius 3 is 2.60 bits per heavy atom. The van der Waals surface area contributed by atoms with Crippen molar-refractivity contribution in [1.29, 1.82) is 5.26 Å². The SMILES string of the molecule is N#CCc1ccc(OCC(=O)Nc2ccc3c(c2)OC(F)(F)O3)cc1. The normalized spacial score (nSPS) is 13.8. The van der Waals surface area contributed by atoms with Gasteiger partial charge in [0.15, 0.2) is 18.1 Å². The number of carbonyl (C=O) groups excluding carboxylic acids is 1. The Morgan fingerprint density at radius 1 is 1.16 bits per heavy atom. The minimum atomic E-state index is -3.70. The summed E-state index contributed by atoms with van der Waals surface area (Å²) in [7, 11) is 0. The molecule has 3 rings (SSSR count). The monoisotopic (exact) mass is 346 g/mol. The molecule has 2 aromatic rings. The Hall–Kier alpha value is -3.34. The van der Waals surface area contributed by atoms with Crippen LogP contribution in [-0.4, -0.2) is 18.8 Å². The summed E-state index contributed by atoms with van der Waals surface area (Å²) in [6.45, 7) is -0.262. The summed E-state index contributed by atoms with van der Waals surface area (Å²) in [5.41, 5.74) is 1.12. The smallest absolute Gasteiger partial charge is 0.484 e. The number of amides is 1. The molecule has 0 saturated carbocycles. The lowest BCUT2D eigenvalue weighted by molar-refractivity contribution is -0.286. The van der Waals surface area contributed by atoms with E-state index in [0.29, 0.717) is 12.2 Å². The zero-order valence-electron chi connectivity index (χ0n) is 12.8. The van der Waals surface area contributed by atoms with Gasteiger partial charge in [0.25, 0.3) is 5.91 Å². The number of benzene rings is 2. The van der Waals surface area contributed by atoms with Crippen molar-refractivity contribution in [2.45, 2.75) is 12.7 Å². The van der Waals surface area contributed by atoms with Gasteiger partial charge in [0, 0.05) is 11.8 Å². The predicted molar refractivity (Wildman–Crippen MR) is 82.5 cm³/mol. The maximum absolute atomic E-state index is 12.9. The van der Waals surface area contributed by atoms with E-state index in [4.69, 9.17) is 10.00 Å². The summed E-state index contributed by atoms with van der Waals surface area (Å²) in [6.07, 6.45) is -3.41. The number of ether oxygens (including phenoxy) is 3. The molecule has 1 aliphatic heterocycles. The van der Waals surface area contributed by atoms with Crippen molar-refractivity contribution in [3.8, 4) is 23.3 Å². The zero-order valence-corrected chi connectivity index (χ0v) is 12.8. The van der Waals surface area contributed by atoms with E-state index in [1.165, 1.54) is 18.2 Å². The van der Waals surface area contributed by atoms with E-state index < -0.39 is 12.2 Å². The number of hydrogen-bond donors (Lipinski definition) is 1. The van der Waals surface area contributed by atoms with Gasteiger partial charge < -0.3 is 19.5 Å². The first-order chi connectivity index (χ1) is 11.9. The minimum absolute atomic E-state index is 0.100. The standard InChI is InChI=1S/C17H12F2N2O4/c18-17(19)24-14-6-3-12(9-15(14)25-17)21-16(22)10-23-13-4-1-11(2-5-13)7-8-20/h1-6,9H,7,10H2,(H,21,22). The maximum Gasteiger partial charge on any atom is 0.586 e. The number of nitrogens with zero attached hydrogens (tertiary/aromatic N) is 1. The quantitative estimate of drug-likeness (QED) is 0.900. The highest BCUT2D eigenvalue weighted by Gasteiger charge is 2.43. The van der Waals surface area contributed by atoms with Crippen LogP contribution >= 0.6 is 0 Å². The third kappa shape index (κ3) is 4.14. The highest BCUT2D eigenvalue weighted by molar-refractivity contribution is 5.92. The van der Waals surface area contributed by atoms with Crippen LogP contribution in [0.5, 0.6) is 17.2 Å². The number of anilines is 1. The van der Waals surface area contributed by atoms with E-state index >= 15 is 0 Å². The molecular formula is C17H12F2N2O4. The first-order valence-corrected chi connectivity index (χ1v) is 7.24. The molecule has 1 amide bonds. The third-order valence-electron chi connectivity index (χ3n) is 3.26. The topological polar surface area (TPSA) is 80.6 Å². The lowest BCUT2D eigenvalue weighted by Gasteiger charge is -2.08. The van der Waals surface area contributed by atoms with Gasteiger partial charge in [0.05, 0.1) is 12.5 Å². The van der Waals surface area contributed by atoms with Crippen LogP contribution in [0.2, 0.25) is 0 Å². The van der Waals surface area contributed by atoms with Crippen molar-refractivity contribution in [2.24, 2.45) is 0 Å². The highest BCUT2D eigenvalue weighted by Crippen LogP contribution is 2.42. The molecule has 0 unspecified atom stereocenters. The molecule has 0 spiro atoms. The fourth-order valence-electron chi connectivity index (χ4n) is 2.17. The summed E-state index contributed by atoms with van der Waals surface area (Å²) >= 11 is 0. The van der Waals surface area contributed by atoms with E-state index in [1.54, 1.807) is 24.3 Å². The van der Waals surface area contributed by atoms with Gasteiger partial charge in [-0.2, -0.15) is 5.26 Å². The lowest BCUT2D eigenvalue weighted by Crippen LogP contribution is -2.25. The average molecular weight is 346 g/mol. The van der Waals surface area contributed by atoms with Crippen LogP contribution < -0.4 is 19.5 Å². The molecule has 0 atom stereocenters. The van der Waals surface area contributed by atoms with Crippen molar-refractivity contribution in [3.05, 3.63) is 48.0 Å². The van der Waals surface area contributed by atoms with Gasteiger partial charge >= 0.3 is 6.29 Å². The van der Waals surface area contributed by atoms with Gasteiger partial charge in [-0.3, -0.25) is 4.79 Å². The van der Waals surface area contributed by atoms with E-state index in [9.17, 15) is 13.6 Å². The summed E-state index contributed by atoms with van der Waals surface area (Å²) in [5.74, 6) is -0.248. The van der Waals surface area contributed by atoms with Crippen LogP contribution in [0.15, 0.2) is 42.5 Å². The van der Waals surface area contributed by atoms with Crippen LogP contribution in [0.4, 0.5) is 14.5 Å². The van der Waals surface area contributed by atoms with E-state index in [0.717, 1.165) is 5.56 Å². The molecule has 8 heteroatoms. The van der Waals surface area contributed by atoms with Crippen LogP contribution in [0, 0.1) is 11.3 Å². The second-order valence-electron chi connectivity index (χ2n) is 5.14. The molecule has 0 fully saturated rings. The van der Waals surface area contributed by atoms with E-state index in [-0.39, 0.29) is 23.8 Å². The number of rotatable bonds is 5. The highest BCUT2D eigenvalue weighted by atomic mass is 19.3. The molecule has 25 heavy (non-hydrogen) atoms. The van der Waals surface area contributed by atoms with Gasteiger partial charge in [-0.05, 0) is 29.8 Å². The van der Waals surface area contributed by atoms with Gasteiger partial charge in [-0.25, -0.2) is 0 Å². The van der Waals surface area contributed by atoms with Crippen LogP contribution in [0.25, 0.3) is 0 Å². The number of halogens is 2. The molecule has 0 aromatic heterocycles. The summed E-state index contributed by atoms with van der Waals surface area (Å²) in [5, 5.41) is 11.1. The molecule has 0 saturated heterocycles. The second-order valence-corrected chi connectivity index (χ2v) is 5.14. The Labute approximate surface area is 141 Å². The molecular weight excluding hydrogens is 334 g/mol. The van der Waals surface area contributed by atoms with Gasteiger partial charge in [-0.15, -0.1) is 8.78 Å². The van der Waals surface area contributed by atoms with Gasteiger partial charge in [-0.1, -0.05) is 12.1 Å². The van der Waals surface area contributed by atoms with Crippen molar-refractivity contribution in [1.82, 2.24) is 0 Å². The molecule has 1 aliphatic rings. The Balaban J connectivity index is 1.54. The number of nitriles is 1. The number of hydrogen-bond acceptors (Lipinski definition) is 5. The molecule has 128 valence electrons. The Kier molecular flexibility index (Phi) is 4.39. The molecule has 0 radical (unpaired) electrons. The molecule has 0 bridgehead atoms. The minimum Gasteiger partial charge on any atom is -0.484 e. The first kappa shape index (κ1) is 16.5. The van der Waals surface area contributed by atoms with Gasteiger partial charge in [0.2, 0.25) is 0 Å². The second kappa shape index (κ2) is 6.65. The summed E-state index contributed by atoms with van der Waals surface area (Å²) in [4.78, 5) is 11.9. The molecule has 1 heterocycles. The summed E-state index contributed by atoms with van der Waals surface area (Å²) < 4.78 is 39.8. The number of fused-ring (bicyclic) bond motifs is 1. The molecule has 6 nitrogen and oxygen atoms in total. The average Bonchev–Trinajstić information content (AvgIpc) is 2.87. The van der Waals surface area contributed by atoms with Crippen molar-refractivity contribution < 1.29 is 27.8 Å². The van der Waals surface area contributed by atoms with Gasteiger partial charge in [0.1, 0.15) is 5.75 Å². The summed E-state index contributed by atoms with van der Waals surface area (Å²) in [6, 6.07) is 12.7. The number of nitrogens with one attached hydrogen (secondary N) is 1. The molecule has 2 aromatic carbocycles. The third-order valence-corrected chi connectivity index (χ3v) is 3.26. The van der Waals surface area contributed by atoms with Crippen LogP contribution in [0.3, 0.4) is 0 Å². The fraction of sp³-hybridized carbons (Fsp3) is 0.176. The van der Waals surface area contributed by atoms with Crippen LogP contribution in [-0.2, 0) is 11.2 Å². The zero-order chi connectivity index (χ0) is 17.9. The Morgan fingerprint density at radius 2 is 1.88 bits per heavy atom. The van der Waals surface area contributed by atoms with E-state index in [2.05, 4.69) is 14.8 Å². The number of alkyl halides is 2. The Bertz CT molecular complexity index is 832. The molecule has 1 N–H and O–H groups in total. The van der Waals surface area contributed by atoms with Crippen LogP contribution in [0.1, 0.15) is 5.56 Å². The van der Waals surface area contributed by atoms with Crippen molar-refractivity contribution in [2.75, 3.05) is 11.9 Å². The predicted octanol–water partition coefficient (Wildman–Crippen LogP) is 3.09.